The number of carbonyl (C=O) groups excluding carboxylic acids is 1. The van der Waals surface area contributed by atoms with Crippen molar-refractivity contribution >= 4 is 11.8 Å². The molecule has 0 aliphatic heterocycles. The zero-order valence-corrected chi connectivity index (χ0v) is 14.1. The Hall–Kier alpha value is -1.97. The van der Waals surface area contributed by atoms with Gasteiger partial charge in [-0.25, -0.2) is 4.79 Å². The Morgan fingerprint density at radius 2 is 1.96 bits per heavy atom. The van der Waals surface area contributed by atoms with Gasteiger partial charge in [0.2, 0.25) is 5.83 Å². The highest BCUT2D eigenvalue weighted by Crippen LogP contribution is 2.47. The van der Waals surface area contributed by atoms with Crippen LogP contribution in [0.5, 0.6) is 0 Å². The van der Waals surface area contributed by atoms with Crippen LogP contribution in [0.2, 0.25) is 0 Å². The van der Waals surface area contributed by atoms with Gasteiger partial charge < -0.3 is 5.11 Å². The molecule has 0 amide bonds. The molecule has 124 valence electrons. The molecule has 0 atom stereocenters. The van der Waals surface area contributed by atoms with Crippen LogP contribution in [0.1, 0.15) is 53.4 Å². The fraction of sp³-hybridized carbons (Fsp3) is 0.474. The first kappa shape index (κ1) is 17.4. The molecule has 1 N–H and O–H groups in total. The highest BCUT2D eigenvalue weighted by molar-refractivity contribution is 6.11. The van der Waals surface area contributed by atoms with Gasteiger partial charge in [0.05, 0.1) is 0 Å². The van der Waals surface area contributed by atoms with Crippen LogP contribution in [0.15, 0.2) is 45.8 Å². The average molecular weight is 318 g/mol. The van der Waals surface area contributed by atoms with Crippen molar-refractivity contribution in [3.05, 3.63) is 45.8 Å². The van der Waals surface area contributed by atoms with Crippen molar-refractivity contribution in [3.8, 4) is 0 Å². The number of aliphatic carboxylic acids is 1. The molecule has 0 saturated carbocycles. The predicted octanol–water partition coefficient (Wildman–Crippen LogP) is 4.67. The van der Waals surface area contributed by atoms with Crippen LogP contribution in [0.4, 0.5) is 4.39 Å². The third kappa shape index (κ3) is 3.07. The fourth-order valence-corrected chi connectivity index (χ4v) is 3.36. The number of carboxylic acid groups (broad SMARTS) is 1. The van der Waals surface area contributed by atoms with Gasteiger partial charge in [0, 0.05) is 11.1 Å². The lowest BCUT2D eigenvalue weighted by atomic mass is 9.67. The summed E-state index contributed by atoms with van der Waals surface area (Å²) < 4.78 is 14.0. The van der Waals surface area contributed by atoms with Crippen molar-refractivity contribution in [2.75, 3.05) is 0 Å². The van der Waals surface area contributed by atoms with Gasteiger partial charge in [-0.05, 0) is 54.4 Å². The Morgan fingerprint density at radius 1 is 1.30 bits per heavy atom. The largest absolute Gasteiger partial charge is 0.476 e. The average Bonchev–Trinajstić information content (AvgIpc) is 2.49. The molecule has 0 radical (unpaired) electrons. The minimum Gasteiger partial charge on any atom is -0.476 e. The van der Waals surface area contributed by atoms with E-state index >= 15 is 0 Å². The maximum atomic E-state index is 14.0. The van der Waals surface area contributed by atoms with E-state index in [0.717, 1.165) is 30.4 Å². The molecule has 0 spiro atoms. The Kier molecular flexibility index (Phi) is 4.73. The van der Waals surface area contributed by atoms with Crippen LogP contribution in [0, 0.1) is 5.41 Å². The number of rotatable bonds is 4. The van der Waals surface area contributed by atoms with E-state index in [2.05, 4.69) is 20.8 Å². The lowest BCUT2D eigenvalue weighted by molar-refractivity contribution is -0.134. The number of halogens is 1. The Labute approximate surface area is 136 Å². The molecule has 0 heterocycles. The summed E-state index contributed by atoms with van der Waals surface area (Å²) >= 11 is 0. The standard InChI is InChI=1S/C19H23FO3/c1-5-11-7-8-19(3,4)15-10-16(21)14(9-13(11)15)12(6-2)17(20)18(22)23/h9-10H,5-8H2,1-4H3,(H,22,23)/b17-12+. The molecule has 4 heteroatoms. The molecule has 2 aliphatic rings. The van der Waals surface area contributed by atoms with Gasteiger partial charge >= 0.3 is 5.97 Å². The second kappa shape index (κ2) is 6.26. The van der Waals surface area contributed by atoms with E-state index < -0.39 is 11.8 Å². The van der Waals surface area contributed by atoms with E-state index in [4.69, 9.17) is 5.11 Å². The summed E-state index contributed by atoms with van der Waals surface area (Å²) in [5, 5.41) is 8.92. The van der Waals surface area contributed by atoms with Gasteiger partial charge in [-0.1, -0.05) is 33.3 Å². The van der Waals surface area contributed by atoms with Crippen LogP contribution in [-0.4, -0.2) is 16.9 Å². The first-order valence-corrected chi connectivity index (χ1v) is 8.05. The normalized spacial score (nSPS) is 21.3. The zero-order chi connectivity index (χ0) is 17.4. The SMILES string of the molecule is CCC1=C2C=C(/C(CC)=C(/F)C(=O)O)C(=O)C=C2C(C)(C)CC1. The van der Waals surface area contributed by atoms with Crippen molar-refractivity contribution in [2.24, 2.45) is 5.41 Å². The third-order valence-electron chi connectivity index (χ3n) is 4.84. The molecule has 0 saturated heterocycles. The molecule has 0 unspecified atom stereocenters. The Bertz CT molecular complexity index is 687. The highest BCUT2D eigenvalue weighted by Gasteiger charge is 2.35. The van der Waals surface area contributed by atoms with Gasteiger partial charge in [0.1, 0.15) is 0 Å². The van der Waals surface area contributed by atoms with E-state index in [1.165, 1.54) is 5.57 Å². The number of carbonyl (C=O) groups is 2. The summed E-state index contributed by atoms with van der Waals surface area (Å²) in [6.07, 6.45) is 6.23. The smallest absolute Gasteiger partial charge is 0.365 e. The summed E-state index contributed by atoms with van der Waals surface area (Å²) in [5.41, 5.74) is 3.27. The molecular weight excluding hydrogens is 295 g/mol. The number of hydrogen-bond acceptors (Lipinski definition) is 2. The molecule has 3 nitrogen and oxygen atoms in total. The topological polar surface area (TPSA) is 54.4 Å². The van der Waals surface area contributed by atoms with Crippen molar-refractivity contribution in [3.63, 3.8) is 0 Å². The number of fused-ring (bicyclic) bond motifs is 1. The second-order valence-corrected chi connectivity index (χ2v) is 6.69. The monoisotopic (exact) mass is 318 g/mol. The van der Waals surface area contributed by atoms with Crippen LogP contribution >= 0.6 is 0 Å². The van der Waals surface area contributed by atoms with Crippen molar-refractivity contribution in [1.29, 1.82) is 0 Å². The quantitative estimate of drug-likeness (QED) is 0.767. The first-order chi connectivity index (χ1) is 10.7. The van der Waals surface area contributed by atoms with Crippen molar-refractivity contribution in [2.45, 2.75) is 53.4 Å². The number of hydrogen-bond donors (Lipinski definition) is 1. The molecule has 0 fully saturated rings. The van der Waals surface area contributed by atoms with Crippen LogP contribution in [-0.2, 0) is 9.59 Å². The van der Waals surface area contributed by atoms with Crippen molar-refractivity contribution in [1.82, 2.24) is 0 Å². The van der Waals surface area contributed by atoms with Crippen LogP contribution in [0.3, 0.4) is 0 Å². The van der Waals surface area contributed by atoms with E-state index in [0.29, 0.717) is 0 Å². The summed E-state index contributed by atoms with van der Waals surface area (Å²) in [6.45, 7) is 7.93. The molecule has 0 aromatic carbocycles. The number of carboxylic acids is 1. The van der Waals surface area contributed by atoms with E-state index in [-0.39, 0.29) is 28.8 Å². The molecule has 0 aromatic heterocycles. The van der Waals surface area contributed by atoms with Crippen molar-refractivity contribution < 1.29 is 19.1 Å². The minimum absolute atomic E-state index is 0.0240. The molecule has 0 aromatic rings. The molecule has 0 bridgehead atoms. The summed E-state index contributed by atoms with van der Waals surface area (Å²) in [5.74, 6) is -3.17. The number of ketones is 1. The number of allylic oxidation sites excluding steroid dienone is 7. The van der Waals surface area contributed by atoms with Gasteiger partial charge in [0.15, 0.2) is 5.78 Å². The fourth-order valence-electron chi connectivity index (χ4n) is 3.36. The third-order valence-corrected chi connectivity index (χ3v) is 4.84. The molecule has 2 aliphatic carbocycles. The first-order valence-electron chi connectivity index (χ1n) is 8.05. The van der Waals surface area contributed by atoms with E-state index in [1.54, 1.807) is 19.1 Å². The zero-order valence-electron chi connectivity index (χ0n) is 14.1. The summed E-state index contributed by atoms with van der Waals surface area (Å²) in [7, 11) is 0. The van der Waals surface area contributed by atoms with Gasteiger partial charge in [-0.2, -0.15) is 4.39 Å². The predicted molar refractivity (Wildman–Crippen MR) is 87.6 cm³/mol. The van der Waals surface area contributed by atoms with Crippen LogP contribution in [0.25, 0.3) is 0 Å². The second-order valence-electron chi connectivity index (χ2n) is 6.69. The summed E-state index contributed by atoms with van der Waals surface area (Å²) in [6, 6.07) is 0. The summed E-state index contributed by atoms with van der Waals surface area (Å²) in [4.78, 5) is 23.5. The molecule has 23 heavy (non-hydrogen) atoms. The lowest BCUT2D eigenvalue weighted by Crippen LogP contribution is -2.26. The van der Waals surface area contributed by atoms with E-state index in [9.17, 15) is 14.0 Å². The highest BCUT2D eigenvalue weighted by atomic mass is 19.1. The minimum atomic E-state index is -1.63. The Balaban J connectivity index is 2.65. The van der Waals surface area contributed by atoms with Crippen LogP contribution < -0.4 is 0 Å². The lowest BCUT2D eigenvalue weighted by Gasteiger charge is -2.37. The maximum absolute atomic E-state index is 14.0. The van der Waals surface area contributed by atoms with Gasteiger partial charge in [0.25, 0.3) is 0 Å². The van der Waals surface area contributed by atoms with Gasteiger partial charge in [-0.3, -0.25) is 4.79 Å². The maximum Gasteiger partial charge on any atom is 0.365 e. The van der Waals surface area contributed by atoms with Gasteiger partial charge in [-0.15, -0.1) is 0 Å². The molecular formula is C19H23FO3. The molecule has 2 rings (SSSR count). The van der Waals surface area contributed by atoms with E-state index in [1.807, 2.05) is 0 Å². The Morgan fingerprint density at radius 3 is 2.48 bits per heavy atom.